The Bertz CT molecular complexity index is 1730. The number of esters is 1. The van der Waals surface area contributed by atoms with Crippen molar-refractivity contribution in [3.05, 3.63) is 101 Å². The van der Waals surface area contributed by atoms with Crippen molar-refractivity contribution in [1.82, 2.24) is 4.57 Å². The highest BCUT2D eigenvalue weighted by Gasteiger charge is 2.29. The number of carbonyl (C=O) groups is 2. The molecule has 194 valence electrons. The predicted molar refractivity (Wildman–Crippen MR) is 147 cm³/mol. The number of allylic oxidation sites excluding steroid dienone is 1. The number of sulfonamides is 1. The highest BCUT2D eigenvalue weighted by atomic mass is 32.2. The molecule has 1 aliphatic heterocycles. The van der Waals surface area contributed by atoms with Crippen LogP contribution in [0.15, 0.2) is 89.3 Å². The van der Waals surface area contributed by atoms with Crippen molar-refractivity contribution in [3.63, 3.8) is 0 Å². The molecule has 0 saturated carbocycles. The normalized spacial score (nSPS) is 13.8. The summed E-state index contributed by atoms with van der Waals surface area (Å²) in [4.78, 5) is 29.9. The molecule has 0 bridgehead atoms. The molecular weight excluding hydrogens is 522 g/mol. The summed E-state index contributed by atoms with van der Waals surface area (Å²) in [6.45, 7) is 4.61. The first-order valence-corrected chi connectivity index (χ1v) is 14.2. The molecule has 0 atom stereocenters. The number of methoxy groups -OCH3 is 1. The van der Waals surface area contributed by atoms with Gasteiger partial charge in [0.25, 0.3) is 15.9 Å². The third-order valence-electron chi connectivity index (χ3n) is 6.37. The number of amides is 1. The first-order chi connectivity index (χ1) is 18.3. The fourth-order valence-electron chi connectivity index (χ4n) is 4.51. The Hall–Kier alpha value is -4.02. The maximum absolute atomic E-state index is 13.4. The van der Waals surface area contributed by atoms with E-state index in [9.17, 15) is 18.0 Å². The summed E-state index contributed by atoms with van der Waals surface area (Å²) < 4.78 is 35.7. The van der Waals surface area contributed by atoms with Gasteiger partial charge in [0.15, 0.2) is 4.80 Å². The molecule has 0 spiro atoms. The minimum atomic E-state index is -3.78. The largest absolute Gasteiger partial charge is 0.465 e. The molecule has 3 aromatic carbocycles. The van der Waals surface area contributed by atoms with Crippen molar-refractivity contribution in [3.8, 4) is 0 Å². The topological polar surface area (TPSA) is 98.0 Å². The quantitative estimate of drug-likeness (QED) is 0.260. The van der Waals surface area contributed by atoms with E-state index in [1.165, 1.54) is 47.0 Å². The summed E-state index contributed by atoms with van der Waals surface area (Å²) in [6.07, 6.45) is 3.28. The van der Waals surface area contributed by atoms with Gasteiger partial charge in [-0.25, -0.2) is 13.2 Å². The Labute approximate surface area is 224 Å². The van der Waals surface area contributed by atoms with E-state index in [1.807, 2.05) is 28.8 Å². The molecule has 2 heterocycles. The van der Waals surface area contributed by atoms with Crippen molar-refractivity contribution < 1.29 is 22.7 Å². The second kappa shape index (κ2) is 10.4. The van der Waals surface area contributed by atoms with Gasteiger partial charge in [0.2, 0.25) is 0 Å². The van der Waals surface area contributed by atoms with Crippen LogP contribution in [0.1, 0.15) is 32.7 Å². The first-order valence-electron chi connectivity index (χ1n) is 12.0. The van der Waals surface area contributed by atoms with Crippen LogP contribution in [0.25, 0.3) is 10.2 Å². The van der Waals surface area contributed by atoms with Gasteiger partial charge in [0.05, 0.1) is 33.5 Å². The number of carbonyl (C=O) groups excluding carboxylic acids is 2. The van der Waals surface area contributed by atoms with Crippen LogP contribution < -0.4 is 9.11 Å². The lowest BCUT2D eigenvalue weighted by Gasteiger charge is -2.30. The molecular formula is C28H25N3O5S2. The molecule has 1 aliphatic rings. The molecule has 4 aromatic rings. The maximum atomic E-state index is 13.4. The van der Waals surface area contributed by atoms with Crippen molar-refractivity contribution in [2.45, 2.75) is 24.3 Å². The number of fused-ring (bicyclic) bond motifs is 2. The lowest BCUT2D eigenvalue weighted by molar-refractivity contribution is 0.0600. The van der Waals surface area contributed by atoms with Crippen molar-refractivity contribution in [1.29, 1.82) is 0 Å². The molecule has 0 fully saturated rings. The van der Waals surface area contributed by atoms with Crippen LogP contribution in [0.5, 0.6) is 0 Å². The first kappa shape index (κ1) is 25.6. The number of anilines is 1. The second-order valence-corrected chi connectivity index (χ2v) is 11.6. The van der Waals surface area contributed by atoms with Gasteiger partial charge < -0.3 is 9.30 Å². The Balaban J connectivity index is 1.47. The zero-order valence-electron chi connectivity index (χ0n) is 20.7. The van der Waals surface area contributed by atoms with Gasteiger partial charge in [-0.2, -0.15) is 4.99 Å². The second-order valence-electron chi connectivity index (χ2n) is 8.71. The van der Waals surface area contributed by atoms with Gasteiger partial charge in [0, 0.05) is 18.7 Å². The maximum Gasteiger partial charge on any atom is 0.337 e. The van der Waals surface area contributed by atoms with Gasteiger partial charge in [-0.1, -0.05) is 35.6 Å². The zero-order valence-corrected chi connectivity index (χ0v) is 22.3. The van der Waals surface area contributed by atoms with E-state index in [2.05, 4.69) is 11.6 Å². The summed E-state index contributed by atoms with van der Waals surface area (Å²) in [7, 11) is -2.46. The molecule has 0 aliphatic carbocycles. The highest BCUT2D eigenvalue weighted by molar-refractivity contribution is 7.92. The lowest BCUT2D eigenvalue weighted by Crippen LogP contribution is -2.35. The van der Waals surface area contributed by atoms with Crippen LogP contribution >= 0.6 is 11.3 Å². The minimum Gasteiger partial charge on any atom is -0.465 e. The molecule has 0 unspecified atom stereocenters. The number of ether oxygens (including phenoxy) is 1. The standard InChI is InChI=1S/C28H25N3O5S2/c1-3-16-30-24-15-12-21(27(33)36-2)18-25(24)37-28(30)29-26(32)20-10-13-22(14-11-20)38(34,35)31-17-6-8-19-7-4-5-9-23(19)31/h3-5,7,9-15,18H,1,6,8,16-17H2,2H3. The third kappa shape index (κ3) is 4.68. The van der Waals surface area contributed by atoms with Crippen molar-refractivity contribution >= 4 is 49.1 Å². The number of aryl methyl sites for hydroxylation is 1. The SMILES string of the molecule is C=CCn1c(=NC(=O)c2ccc(S(=O)(=O)N3CCCc4ccccc43)cc2)sc2cc(C(=O)OC)ccc21. The summed E-state index contributed by atoms with van der Waals surface area (Å²) in [5.41, 5.74) is 3.17. The van der Waals surface area contributed by atoms with Gasteiger partial charge in [-0.05, 0) is 66.9 Å². The van der Waals surface area contributed by atoms with E-state index in [0.717, 1.165) is 28.6 Å². The fraction of sp³-hybridized carbons (Fsp3) is 0.179. The van der Waals surface area contributed by atoms with Gasteiger partial charge in [-0.15, -0.1) is 6.58 Å². The number of rotatable bonds is 6. The van der Waals surface area contributed by atoms with Gasteiger partial charge in [0.1, 0.15) is 0 Å². The van der Waals surface area contributed by atoms with Crippen LogP contribution in [0.2, 0.25) is 0 Å². The number of hydrogen-bond acceptors (Lipinski definition) is 6. The summed E-state index contributed by atoms with van der Waals surface area (Å²) in [5.74, 6) is -0.956. The molecule has 1 amide bonds. The molecule has 10 heteroatoms. The van der Waals surface area contributed by atoms with Gasteiger partial charge >= 0.3 is 5.97 Å². The molecule has 0 N–H and O–H groups in total. The number of para-hydroxylation sites is 1. The molecule has 5 rings (SSSR count). The van der Waals surface area contributed by atoms with E-state index < -0.39 is 21.9 Å². The number of hydrogen-bond donors (Lipinski definition) is 0. The van der Waals surface area contributed by atoms with Crippen LogP contribution in [0, 0.1) is 0 Å². The minimum absolute atomic E-state index is 0.115. The molecule has 0 radical (unpaired) electrons. The lowest BCUT2D eigenvalue weighted by atomic mass is 10.0. The summed E-state index contributed by atoms with van der Waals surface area (Å²) in [6, 6.07) is 18.5. The summed E-state index contributed by atoms with van der Waals surface area (Å²) in [5, 5.41) is 0. The van der Waals surface area contributed by atoms with Crippen LogP contribution in [0.4, 0.5) is 5.69 Å². The third-order valence-corrected chi connectivity index (χ3v) is 9.24. The Morgan fingerprint density at radius 2 is 1.82 bits per heavy atom. The van der Waals surface area contributed by atoms with E-state index in [-0.39, 0.29) is 10.5 Å². The Morgan fingerprint density at radius 3 is 2.55 bits per heavy atom. The number of thiazole rings is 1. The van der Waals surface area contributed by atoms with Crippen LogP contribution in [0.3, 0.4) is 0 Å². The number of aromatic nitrogens is 1. The highest BCUT2D eigenvalue weighted by Crippen LogP contribution is 2.31. The van der Waals surface area contributed by atoms with E-state index in [1.54, 1.807) is 24.3 Å². The molecule has 1 aromatic heterocycles. The molecule has 0 saturated heterocycles. The average Bonchev–Trinajstić information content (AvgIpc) is 3.28. The Kier molecular flexibility index (Phi) is 7.00. The average molecular weight is 548 g/mol. The zero-order chi connectivity index (χ0) is 26.9. The fourth-order valence-corrected chi connectivity index (χ4v) is 7.12. The number of nitrogens with zero attached hydrogens (tertiary/aromatic N) is 3. The van der Waals surface area contributed by atoms with Crippen molar-refractivity contribution in [2.75, 3.05) is 18.0 Å². The number of benzene rings is 3. The monoisotopic (exact) mass is 547 g/mol. The molecule has 8 nitrogen and oxygen atoms in total. The Morgan fingerprint density at radius 1 is 1.08 bits per heavy atom. The van der Waals surface area contributed by atoms with Crippen LogP contribution in [-0.2, 0) is 27.7 Å². The summed E-state index contributed by atoms with van der Waals surface area (Å²) >= 11 is 1.27. The van der Waals surface area contributed by atoms with E-state index in [4.69, 9.17) is 4.74 Å². The van der Waals surface area contributed by atoms with E-state index >= 15 is 0 Å². The molecule has 38 heavy (non-hydrogen) atoms. The smallest absolute Gasteiger partial charge is 0.337 e. The van der Waals surface area contributed by atoms with E-state index in [0.29, 0.717) is 29.1 Å². The van der Waals surface area contributed by atoms with Crippen molar-refractivity contribution in [2.24, 2.45) is 4.99 Å². The van der Waals surface area contributed by atoms with Crippen LogP contribution in [-0.4, -0.2) is 38.5 Å². The van der Waals surface area contributed by atoms with Gasteiger partial charge in [-0.3, -0.25) is 9.10 Å². The predicted octanol–water partition coefficient (Wildman–Crippen LogP) is 4.56.